The molecule has 0 bridgehead atoms. The zero-order chi connectivity index (χ0) is 10.6. The fraction of sp³-hybridized carbons (Fsp3) is 0.545. The van der Waals surface area contributed by atoms with Crippen LogP contribution in [-0.2, 0) is 0 Å². The van der Waals surface area contributed by atoms with Crippen LogP contribution in [0.3, 0.4) is 0 Å². The Morgan fingerprint density at radius 3 is 2.71 bits per heavy atom. The van der Waals surface area contributed by atoms with E-state index in [1.807, 2.05) is 19.2 Å². The van der Waals surface area contributed by atoms with Crippen molar-refractivity contribution in [2.24, 2.45) is 5.92 Å². The first-order valence-corrected chi connectivity index (χ1v) is 4.93. The Kier molecular flexibility index (Phi) is 3.89. The molecule has 0 saturated carbocycles. The molecule has 1 aromatic heterocycles. The number of anilines is 1. The standard InChI is InChI=1S/C11H18N2O/c1-8(2)11(7-14)13-10-4-5-12-6-9(10)3/h4-6,8,11,14H,7H2,1-3H3,(H,12,13). The van der Waals surface area contributed by atoms with Gasteiger partial charge in [0.15, 0.2) is 0 Å². The third-order valence-electron chi connectivity index (χ3n) is 2.36. The maximum absolute atomic E-state index is 9.17. The third kappa shape index (κ3) is 2.70. The number of aryl methyl sites for hydroxylation is 1. The molecule has 2 N–H and O–H groups in total. The summed E-state index contributed by atoms with van der Waals surface area (Å²) in [7, 11) is 0. The van der Waals surface area contributed by atoms with Gasteiger partial charge in [0.05, 0.1) is 12.6 Å². The van der Waals surface area contributed by atoms with Crippen molar-refractivity contribution in [2.75, 3.05) is 11.9 Å². The Morgan fingerprint density at radius 2 is 2.21 bits per heavy atom. The van der Waals surface area contributed by atoms with Crippen LogP contribution >= 0.6 is 0 Å². The number of nitrogens with zero attached hydrogens (tertiary/aromatic N) is 1. The van der Waals surface area contributed by atoms with Gasteiger partial charge in [0.2, 0.25) is 0 Å². The highest BCUT2D eigenvalue weighted by Gasteiger charge is 2.12. The van der Waals surface area contributed by atoms with Crippen molar-refractivity contribution in [3.63, 3.8) is 0 Å². The fourth-order valence-corrected chi connectivity index (χ4v) is 1.26. The summed E-state index contributed by atoms with van der Waals surface area (Å²) in [6.45, 7) is 6.33. The van der Waals surface area contributed by atoms with Crippen LogP contribution in [-0.4, -0.2) is 22.7 Å². The molecule has 0 amide bonds. The summed E-state index contributed by atoms with van der Waals surface area (Å²) in [5.41, 5.74) is 2.15. The number of aliphatic hydroxyl groups excluding tert-OH is 1. The van der Waals surface area contributed by atoms with Gasteiger partial charge in [-0.2, -0.15) is 0 Å². The van der Waals surface area contributed by atoms with Crippen LogP contribution < -0.4 is 5.32 Å². The lowest BCUT2D eigenvalue weighted by atomic mass is 10.0. The van der Waals surface area contributed by atoms with E-state index in [2.05, 4.69) is 24.1 Å². The predicted octanol–water partition coefficient (Wildman–Crippen LogP) is 1.82. The zero-order valence-electron chi connectivity index (χ0n) is 8.99. The van der Waals surface area contributed by atoms with Crippen molar-refractivity contribution >= 4 is 5.69 Å². The molecule has 0 saturated heterocycles. The van der Waals surface area contributed by atoms with E-state index in [1.54, 1.807) is 6.20 Å². The Hall–Kier alpha value is -1.09. The fourth-order valence-electron chi connectivity index (χ4n) is 1.26. The number of aliphatic hydroxyl groups is 1. The molecule has 0 aliphatic heterocycles. The highest BCUT2D eigenvalue weighted by atomic mass is 16.3. The average Bonchev–Trinajstić information content (AvgIpc) is 2.16. The molecule has 0 aliphatic carbocycles. The number of hydrogen-bond acceptors (Lipinski definition) is 3. The second-order valence-electron chi connectivity index (χ2n) is 3.87. The lowest BCUT2D eigenvalue weighted by Crippen LogP contribution is -2.29. The lowest BCUT2D eigenvalue weighted by Gasteiger charge is -2.22. The van der Waals surface area contributed by atoms with E-state index < -0.39 is 0 Å². The van der Waals surface area contributed by atoms with Crippen molar-refractivity contribution in [2.45, 2.75) is 26.8 Å². The Balaban J connectivity index is 2.72. The van der Waals surface area contributed by atoms with Crippen molar-refractivity contribution < 1.29 is 5.11 Å². The topological polar surface area (TPSA) is 45.2 Å². The number of rotatable bonds is 4. The molecule has 0 radical (unpaired) electrons. The zero-order valence-corrected chi connectivity index (χ0v) is 8.99. The molecule has 0 aromatic carbocycles. The molecule has 1 atom stereocenters. The highest BCUT2D eigenvalue weighted by molar-refractivity contribution is 5.49. The van der Waals surface area contributed by atoms with E-state index in [-0.39, 0.29) is 12.6 Å². The van der Waals surface area contributed by atoms with Crippen LogP contribution in [0.15, 0.2) is 18.5 Å². The van der Waals surface area contributed by atoms with E-state index in [0.29, 0.717) is 5.92 Å². The molecule has 0 spiro atoms. The summed E-state index contributed by atoms with van der Waals surface area (Å²) in [6.07, 6.45) is 3.57. The maximum atomic E-state index is 9.17. The van der Waals surface area contributed by atoms with Gasteiger partial charge < -0.3 is 10.4 Å². The van der Waals surface area contributed by atoms with Crippen LogP contribution in [0.4, 0.5) is 5.69 Å². The van der Waals surface area contributed by atoms with Gasteiger partial charge in [-0.1, -0.05) is 13.8 Å². The summed E-state index contributed by atoms with van der Waals surface area (Å²) in [5, 5.41) is 12.5. The molecule has 1 aromatic rings. The molecule has 1 heterocycles. The molecule has 1 unspecified atom stereocenters. The smallest absolute Gasteiger partial charge is 0.0635 e. The van der Waals surface area contributed by atoms with Crippen molar-refractivity contribution in [3.05, 3.63) is 24.0 Å². The second-order valence-corrected chi connectivity index (χ2v) is 3.87. The number of aromatic nitrogens is 1. The quantitative estimate of drug-likeness (QED) is 0.768. The average molecular weight is 194 g/mol. The van der Waals surface area contributed by atoms with Gasteiger partial charge in [-0.3, -0.25) is 4.98 Å². The normalized spacial score (nSPS) is 12.9. The molecule has 14 heavy (non-hydrogen) atoms. The number of pyridine rings is 1. The first-order chi connectivity index (χ1) is 6.65. The van der Waals surface area contributed by atoms with Crippen molar-refractivity contribution in [1.82, 2.24) is 4.98 Å². The van der Waals surface area contributed by atoms with Crippen LogP contribution in [0.2, 0.25) is 0 Å². The highest BCUT2D eigenvalue weighted by Crippen LogP contribution is 2.15. The molecule has 0 fully saturated rings. The van der Waals surface area contributed by atoms with E-state index in [0.717, 1.165) is 11.3 Å². The van der Waals surface area contributed by atoms with Crippen molar-refractivity contribution in [3.8, 4) is 0 Å². The number of nitrogens with one attached hydrogen (secondary N) is 1. The summed E-state index contributed by atoms with van der Waals surface area (Å²) in [4.78, 5) is 4.02. The lowest BCUT2D eigenvalue weighted by molar-refractivity contribution is 0.249. The van der Waals surface area contributed by atoms with Gasteiger partial charge in [0, 0.05) is 18.1 Å². The maximum Gasteiger partial charge on any atom is 0.0635 e. The predicted molar refractivity (Wildman–Crippen MR) is 58.3 cm³/mol. The first-order valence-electron chi connectivity index (χ1n) is 4.93. The Bertz CT molecular complexity index is 286. The molecule has 3 heteroatoms. The summed E-state index contributed by atoms with van der Waals surface area (Å²) in [5.74, 6) is 0.410. The molecule has 1 rings (SSSR count). The Labute approximate surface area is 85.2 Å². The number of hydrogen-bond donors (Lipinski definition) is 2. The third-order valence-corrected chi connectivity index (χ3v) is 2.36. The van der Waals surface area contributed by atoms with Crippen LogP contribution in [0.1, 0.15) is 19.4 Å². The summed E-state index contributed by atoms with van der Waals surface area (Å²) >= 11 is 0. The van der Waals surface area contributed by atoms with Gasteiger partial charge in [-0.25, -0.2) is 0 Å². The van der Waals surface area contributed by atoms with E-state index in [1.165, 1.54) is 0 Å². The SMILES string of the molecule is Cc1cnccc1NC(CO)C(C)C. The van der Waals surface area contributed by atoms with Gasteiger partial charge in [-0.15, -0.1) is 0 Å². The minimum absolute atomic E-state index is 0.107. The summed E-state index contributed by atoms with van der Waals surface area (Å²) < 4.78 is 0. The first kappa shape index (κ1) is 11.0. The molecule has 78 valence electrons. The van der Waals surface area contributed by atoms with Crippen LogP contribution in [0.25, 0.3) is 0 Å². The van der Waals surface area contributed by atoms with Crippen LogP contribution in [0.5, 0.6) is 0 Å². The van der Waals surface area contributed by atoms with Gasteiger partial charge in [0.1, 0.15) is 0 Å². The summed E-state index contributed by atoms with van der Waals surface area (Å²) in [6, 6.07) is 2.04. The van der Waals surface area contributed by atoms with Gasteiger partial charge >= 0.3 is 0 Å². The largest absolute Gasteiger partial charge is 0.394 e. The molecule has 3 nitrogen and oxygen atoms in total. The van der Waals surface area contributed by atoms with Crippen LogP contribution in [0, 0.1) is 12.8 Å². The van der Waals surface area contributed by atoms with Crippen molar-refractivity contribution in [1.29, 1.82) is 0 Å². The minimum atomic E-state index is 0.107. The molecule has 0 aliphatic rings. The molecular formula is C11H18N2O. The van der Waals surface area contributed by atoms with E-state index >= 15 is 0 Å². The molecular weight excluding hydrogens is 176 g/mol. The monoisotopic (exact) mass is 194 g/mol. The second kappa shape index (κ2) is 4.96. The Morgan fingerprint density at radius 1 is 1.50 bits per heavy atom. The minimum Gasteiger partial charge on any atom is -0.394 e. The van der Waals surface area contributed by atoms with E-state index in [9.17, 15) is 5.11 Å². The van der Waals surface area contributed by atoms with E-state index in [4.69, 9.17) is 0 Å². The van der Waals surface area contributed by atoms with Gasteiger partial charge in [-0.05, 0) is 24.5 Å². The van der Waals surface area contributed by atoms with Gasteiger partial charge in [0.25, 0.3) is 0 Å².